The Morgan fingerprint density at radius 3 is 2.93 bits per heavy atom. The summed E-state index contributed by atoms with van der Waals surface area (Å²) in [5, 5.41) is 11.3. The summed E-state index contributed by atoms with van der Waals surface area (Å²) in [5.41, 5.74) is 2.59. The molecule has 0 radical (unpaired) electrons. The van der Waals surface area contributed by atoms with Gasteiger partial charge in [0.25, 0.3) is 5.22 Å². The normalized spacial score (nSPS) is 12.7. The highest BCUT2D eigenvalue weighted by Crippen LogP contribution is 2.32. The largest absolute Gasteiger partial charge is 0.411 e. The molecule has 0 aliphatic carbocycles. The Labute approximate surface area is 171 Å². The number of benzene rings is 2. The summed E-state index contributed by atoms with van der Waals surface area (Å²) in [7, 11) is 0. The average Bonchev–Trinajstić information content (AvgIpc) is 3.24. The van der Waals surface area contributed by atoms with Crippen molar-refractivity contribution < 1.29 is 14.0 Å². The summed E-state index contributed by atoms with van der Waals surface area (Å²) in [6.07, 6.45) is 0.249. The lowest BCUT2D eigenvalue weighted by molar-refractivity contribution is -0.115. The number of amides is 1. The van der Waals surface area contributed by atoms with E-state index in [4.69, 9.17) is 16.0 Å². The first kappa shape index (κ1) is 18.2. The van der Waals surface area contributed by atoms with Gasteiger partial charge in [-0.3, -0.25) is 9.59 Å². The number of nitrogens with one attached hydrogen (secondary N) is 1. The van der Waals surface area contributed by atoms with Crippen LogP contribution < -0.4 is 5.32 Å². The fraction of sp³-hybridized carbons (Fsp3) is 0.111. The van der Waals surface area contributed by atoms with Crippen LogP contribution in [-0.2, 0) is 11.2 Å². The first-order valence-electron chi connectivity index (χ1n) is 7.88. The molecule has 1 aliphatic heterocycles. The number of Topliss-reactive ketones (excluding diaryl/α,β-unsaturated/α-hetero) is 1. The summed E-state index contributed by atoms with van der Waals surface area (Å²) in [4.78, 5) is 24.0. The molecule has 4 rings (SSSR count). The van der Waals surface area contributed by atoms with Gasteiger partial charge in [0.1, 0.15) is 0 Å². The highest BCUT2D eigenvalue weighted by molar-refractivity contribution is 9.10. The van der Waals surface area contributed by atoms with E-state index in [1.165, 1.54) is 0 Å². The molecule has 0 unspecified atom stereocenters. The number of halogens is 2. The van der Waals surface area contributed by atoms with Gasteiger partial charge in [-0.2, -0.15) is 0 Å². The predicted octanol–water partition coefficient (Wildman–Crippen LogP) is 4.62. The Bertz CT molecular complexity index is 1070. The van der Waals surface area contributed by atoms with Crippen LogP contribution in [0.3, 0.4) is 0 Å². The highest BCUT2D eigenvalue weighted by atomic mass is 79.9. The lowest BCUT2D eigenvalue weighted by Crippen LogP contribution is -2.04. The molecule has 1 aliphatic rings. The zero-order chi connectivity index (χ0) is 19.0. The van der Waals surface area contributed by atoms with Gasteiger partial charge in [0.05, 0.1) is 22.8 Å². The van der Waals surface area contributed by atoms with E-state index in [9.17, 15) is 9.59 Å². The van der Waals surface area contributed by atoms with Crippen LogP contribution in [0.2, 0.25) is 5.02 Å². The molecule has 6 nitrogen and oxygen atoms in total. The smallest absolute Gasteiger partial charge is 0.277 e. The first-order chi connectivity index (χ1) is 13.0. The van der Waals surface area contributed by atoms with Crippen LogP contribution in [0.25, 0.3) is 11.5 Å². The monoisotopic (exact) mass is 463 g/mol. The minimum Gasteiger partial charge on any atom is -0.411 e. The molecule has 1 aromatic heterocycles. The molecular weight excluding hydrogens is 454 g/mol. The molecule has 27 heavy (non-hydrogen) atoms. The van der Waals surface area contributed by atoms with Gasteiger partial charge < -0.3 is 9.73 Å². The summed E-state index contributed by atoms with van der Waals surface area (Å²) in [6, 6.07) is 10.8. The Balaban J connectivity index is 1.47. The third-order valence-corrected chi connectivity index (χ3v) is 5.78. The Morgan fingerprint density at radius 1 is 1.30 bits per heavy atom. The predicted molar refractivity (Wildman–Crippen MR) is 106 cm³/mol. The first-order valence-corrected chi connectivity index (χ1v) is 10.0. The number of fused-ring (bicyclic) bond motifs is 1. The molecule has 1 N–H and O–H groups in total. The summed E-state index contributed by atoms with van der Waals surface area (Å²) in [6.45, 7) is 0. The average molecular weight is 465 g/mol. The van der Waals surface area contributed by atoms with Crippen LogP contribution in [0.15, 0.2) is 50.5 Å². The van der Waals surface area contributed by atoms with Crippen LogP contribution in [0.5, 0.6) is 0 Å². The number of ketones is 1. The number of carbonyl (C=O) groups is 2. The third-order valence-electron chi connectivity index (χ3n) is 3.96. The molecule has 0 saturated carbocycles. The van der Waals surface area contributed by atoms with Crippen molar-refractivity contribution in [1.29, 1.82) is 0 Å². The highest BCUT2D eigenvalue weighted by Gasteiger charge is 2.22. The fourth-order valence-corrected chi connectivity index (χ4v) is 4.05. The van der Waals surface area contributed by atoms with E-state index in [0.29, 0.717) is 27.4 Å². The Morgan fingerprint density at radius 2 is 2.11 bits per heavy atom. The molecule has 2 aromatic carbocycles. The van der Waals surface area contributed by atoms with E-state index in [0.717, 1.165) is 27.4 Å². The third kappa shape index (κ3) is 3.78. The van der Waals surface area contributed by atoms with Gasteiger partial charge in [-0.25, -0.2) is 0 Å². The van der Waals surface area contributed by atoms with Crippen molar-refractivity contribution in [3.05, 3.63) is 57.0 Å². The topological polar surface area (TPSA) is 85.1 Å². The number of hydrogen-bond acceptors (Lipinski definition) is 6. The zero-order valence-corrected chi connectivity index (χ0v) is 16.8. The number of nitrogens with zero attached hydrogens (tertiary/aromatic N) is 2. The number of hydrogen-bond donors (Lipinski definition) is 1. The van der Waals surface area contributed by atoms with E-state index in [-0.39, 0.29) is 23.9 Å². The molecule has 0 spiro atoms. The van der Waals surface area contributed by atoms with Crippen LogP contribution in [0.4, 0.5) is 5.69 Å². The number of carbonyl (C=O) groups excluding carboxylic acids is 2. The lowest BCUT2D eigenvalue weighted by atomic mass is 10.1. The second kappa shape index (κ2) is 7.46. The summed E-state index contributed by atoms with van der Waals surface area (Å²) >= 11 is 10.8. The van der Waals surface area contributed by atoms with Gasteiger partial charge >= 0.3 is 0 Å². The van der Waals surface area contributed by atoms with E-state index >= 15 is 0 Å². The summed E-state index contributed by atoms with van der Waals surface area (Å²) < 4.78 is 6.47. The van der Waals surface area contributed by atoms with Gasteiger partial charge in [-0.15, -0.1) is 10.2 Å². The van der Waals surface area contributed by atoms with Crippen LogP contribution in [-0.4, -0.2) is 27.6 Å². The standard InChI is InChI=1S/C18H11BrClN3O3S/c19-12-4-2-1-3-10(12)17-22-23-18(26-17)27-8-15(24)11-5-9-6-16(25)21-14(9)7-13(11)20/h1-5,7H,6,8H2,(H,21,25). The Hall–Kier alpha value is -2.16. The van der Waals surface area contributed by atoms with Crippen LogP contribution in [0, 0.1) is 0 Å². The summed E-state index contributed by atoms with van der Waals surface area (Å²) in [5.74, 6) is 0.188. The quantitative estimate of drug-likeness (QED) is 0.438. The minimum atomic E-state index is -0.173. The lowest BCUT2D eigenvalue weighted by Gasteiger charge is -2.06. The van der Waals surface area contributed by atoms with Crippen molar-refractivity contribution in [3.63, 3.8) is 0 Å². The molecule has 0 fully saturated rings. The second-order valence-electron chi connectivity index (χ2n) is 5.78. The Kier molecular flexibility index (Phi) is 5.03. The van der Waals surface area contributed by atoms with E-state index < -0.39 is 0 Å². The molecule has 9 heteroatoms. The van der Waals surface area contributed by atoms with E-state index in [2.05, 4.69) is 31.4 Å². The molecular formula is C18H11BrClN3O3S. The van der Waals surface area contributed by atoms with E-state index in [1.54, 1.807) is 12.1 Å². The second-order valence-corrected chi connectivity index (χ2v) is 7.97. The van der Waals surface area contributed by atoms with Crippen molar-refractivity contribution in [2.24, 2.45) is 0 Å². The number of rotatable bonds is 5. The number of anilines is 1. The maximum atomic E-state index is 12.5. The van der Waals surface area contributed by atoms with Gasteiger partial charge in [-0.05, 0) is 45.8 Å². The van der Waals surface area contributed by atoms with Gasteiger partial charge in [0.2, 0.25) is 11.8 Å². The van der Waals surface area contributed by atoms with Gasteiger partial charge in [0.15, 0.2) is 5.78 Å². The molecule has 1 amide bonds. The van der Waals surface area contributed by atoms with Crippen molar-refractivity contribution in [1.82, 2.24) is 10.2 Å². The number of aromatic nitrogens is 2. The molecule has 0 bridgehead atoms. The molecule has 136 valence electrons. The van der Waals surface area contributed by atoms with Gasteiger partial charge in [0, 0.05) is 15.7 Å². The van der Waals surface area contributed by atoms with E-state index in [1.807, 2.05) is 24.3 Å². The van der Waals surface area contributed by atoms with Crippen molar-refractivity contribution in [3.8, 4) is 11.5 Å². The van der Waals surface area contributed by atoms with Crippen LogP contribution >= 0.6 is 39.3 Å². The maximum absolute atomic E-state index is 12.5. The SMILES string of the molecule is O=C1Cc2cc(C(=O)CSc3nnc(-c4ccccc4Br)o3)c(Cl)cc2N1. The maximum Gasteiger partial charge on any atom is 0.277 e. The van der Waals surface area contributed by atoms with Crippen molar-refractivity contribution in [2.45, 2.75) is 11.6 Å². The molecule has 3 aromatic rings. The number of thioether (sulfide) groups is 1. The molecule has 2 heterocycles. The van der Waals surface area contributed by atoms with Crippen molar-refractivity contribution in [2.75, 3.05) is 11.1 Å². The molecule has 0 saturated heterocycles. The fourth-order valence-electron chi connectivity index (χ4n) is 2.68. The molecule has 0 atom stereocenters. The van der Waals surface area contributed by atoms with Gasteiger partial charge in [-0.1, -0.05) is 35.5 Å². The van der Waals surface area contributed by atoms with Crippen molar-refractivity contribution >= 4 is 56.7 Å². The minimum absolute atomic E-state index is 0.0947. The zero-order valence-electron chi connectivity index (χ0n) is 13.7. The van der Waals surface area contributed by atoms with Crippen LogP contribution in [0.1, 0.15) is 15.9 Å².